The number of hydrogen-bond acceptors (Lipinski definition) is 6. The van der Waals surface area contributed by atoms with Crippen LogP contribution in [0.15, 0.2) is 58.1 Å². The molecular formula is C21H20N4O6. The first-order valence-corrected chi connectivity index (χ1v) is 9.43. The summed E-state index contributed by atoms with van der Waals surface area (Å²) >= 11 is 0. The van der Waals surface area contributed by atoms with Gasteiger partial charge in [0.25, 0.3) is 17.0 Å². The highest BCUT2D eigenvalue weighted by atomic mass is 16.6. The van der Waals surface area contributed by atoms with Crippen LogP contribution in [-0.2, 0) is 6.54 Å². The number of nitrogens with one attached hydrogen (secondary N) is 2. The van der Waals surface area contributed by atoms with E-state index in [0.29, 0.717) is 4.68 Å². The van der Waals surface area contributed by atoms with Crippen molar-refractivity contribution in [3.8, 4) is 11.6 Å². The number of nitrogens with zero attached hydrogens (tertiary/aromatic N) is 2. The van der Waals surface area contributed by atoms with Gasteiger partial charge in [-0.25, -0.2) is 4.68 Å². The number of aromatic nitrogens is 2. The molecule has 10 heteroatoms. The fraction of sp³-hybridized carbons (Fsp3) is 0.190. The molecule has 0 fully saturated rings. The zero-order chi connectivity index (χ0) is 22.5. The van der Waals surface area contributed by atoms with Crippen molar-refractivity contribution in [1.82, 2.24) is 15.1 Å². The van der Waals surface area contributed by atoms with Crippen molar-refractivity contribution in [2.75, 3.05) is 6.61 Å². The molecule has 0 atom stereocenters. The van der Waals surface area contributed by atoms with Crippen LogP contribution in [0.4, 0.5) is 5.69 Å². The molecule has 31 heavy (non-hydrogen) atoms. The monoisotopic (exact) mass is 424 g/mol. The van der Waals surface area contributed by atoms with Gasteiger partial charge in [-0.05, 0) is 25.5 Å². The van der Waals surface area contributed by atoms with Crippen molar-refractivity contribution in [2.45, 2.75) is 20.4 Å². The summed E-state index contributed by atoms with van der Waals surface area (Å²) in [4.78, 5) is 48.8. The molecule has 0 saturated carbocycles. The van der Waals surface area contributed by atoms with Gasteiger partial charge in [0.1, 0.15) is 5.69 Å². The SMILES string of the molecule is CCOc1[nH]n(-c2ccccc2[N+](=O)[O-])c(=O)c(=O)c1C(=O)NCc1ccc(C)cc1. The number of benzene rings is 2. The van der Waals surface area contributed by atoms with E-state index < -0.39 is 27.4 Å². The van der Waals surface area contributed by atoms with Gasteiger partial charge in [0.15, 0.2) is 5.56 Å². The van der Waals surface area contributed by atoms with Gasteiger partial charge in [0.05, 0.1) is 11.5 Å². The molecule has 0 bridgehead atoms. The quantitative estimate of drug-likeness (QED) is 0.338. The first-order valence-electron chi connectivity index (χ1n) is 9.43. The minimum Gasteiger partial charge on any atom is -0.478 e. The Bertz CT molecular complexity index is 1240. The number of para-hydroxylation sites is 2. The van der Waals surface area contributed by atoms with Gasteiger partial charge in [-0.15, -0.1) is 0 Å². The molecule has 1 amide bonds. The van der Waals surface area contributed by atoms with Crippen molar-refractivity contribution in [3.63, 3.8) is 0 Å². The Hall–Kier alpha value is -4.21. The lowest BCUT2D eigenvalue weighted by atomic mass is 10.1. The maximum atomic E-state index is 12.8. The van der Waals surface area contributed by atoms with Crippen LogP contribution in [0.3, 0.4) is 0 Å². The van der Waals surface area contributed by atoms with Crippen molar-refractivity contribution < 1.29 is 14.5 Å². The molecule has 0 unspecified atom stereocenters. The third-order valence-corrected chi connectivity index (χ3v) is 4.47. The Morgan fingerprint density at radius 1 is 1.16 bits per heavy atom. The van der Waals surface area contributed by atoms with Gasteiger partial charge in [-0.3, -0.25) is 29.6 Å². The molecule has 3 rings (SSSR count). The van der Waals surface area contributed by atoms with Crippen molar-refractivity contribution >= 4 is 11.6 Å². The standard InChI is InChI=1S/C21H20N4O6/c1-3-31-20-17(19(27)22-12-14-10-8-13(2)9-11-14)18(26)21(28)24(23-20)15-6-4-5-7-16(15)25(29)30/h4-11,23H,3,12H2,1-2H3,(H,22,27). The number of rotatable bonds is 7. The Morgan fingerprint density at radius 3 is 2.48 bits per heavy atom. The number of nitro groups is 1. The normalized spacial score (nSPS) is 10.5. The largest absolute Gasteiger partial charge is 0.478 e. The van der Waals surface area contributed by atoms with E-state index in [1.165, 1.54) is 24.3 Å². The highest BCUT2D eigenvalue weighted by Crippen LogP contribution is 2.21. The highest BCUT2D eigenvalue weighted by molar-refractivity contribution is 5.96. The minimum absolute atomic E-state index is 0.0866. The number of hydrogen-bond donors (Lipinski definition) is 2. The predicted octanol–water partition coefficient (Wildman–Crippen LogP) is 2.07. The van der Waals surface area contributed by atoms with E-state index in [1.807, 2.05) is 31.2 Å². The minimum atomic E-state index is -1.14. The fourth-order valence-electron chi connectivity index (χ4n) is 2.93. The van der Waals surface area contributed by atoms with Crippen molar-refractivity contribution in [2.24, 2.45) is 0 Å². The van der Waals surface area contributed by atoms with Gasteiger partial charge in [-0.1, -0.05) is 42.0 Å². The van der Waals surface area contributed by atoms with E-state index in [4.69, 9.17) is 4.74 Å². The van der Waals surface area contributed by atoms with E-state index >= 15 is 0 Å². The molecule has 0 aliphatic heterocycles. The zero-order valence-electron chi connectivity index (χ0n) is 16.9. The lowest BCUT2D eigenvalue weighted by molar-refractivity contribution is -0.384. The van der Waals surface area contributed by atoms with E-state index in [-0.39, 0.29) is 30.4 Å². The van der Waals surface area contributed by atoms with E-state index in [2.05, 4.69) is 10.4 Å². The number of amides is 1. The van der Waals surface area contributed by atoms with Gasteiger partial charge >= 0.3 is 5.56 Å². The summed E-state index contributed by atoms with van der Waals surface area (Å²) in [5.41, 5.74) is -1.44. The van der Waals surface area contributed by atoms with Crippen LogP contribution < -0.4 is 21.0 Å². The average Bonchev–Trinajstić information content (AvgIpc) is 2.76. The summed E-state index contributed by atoms with van der Waals surface area (Å²) in [5.74, 6) is -1.05. The van der Waals surface area contributed by atoms with Gasteiger partial charge in [0, 0.05) is 12.6 Å². The maximum absolute atomic E-state index is 12.8. The molecule has 0 aliphatic carbocycles. The van der Waals surface area contributed by atoms with E-state index in [9.17, 15) is 24.5 Å². The summed E-state index contributed by atoms with van der Waals surface area (Å²) in [6.07, 6.45) is 0. The van der Waals surface area contributed by atoms with Crippen molar-refractivity contribution in [3.05, 3.63) is 95.9 Å². The summed E-state index contributed by atoms with van der Waals surface area (Å²) in [6.45, 7) is 3.79. The van der Waals surface area contributed by atoms with Crippen molar-refractivity contribution in [1.29, 1.82) is 0 Å². The average molecular weight is 424 g/mol. The van der Waals surface area contributed by atoms with Crippen LogP contribution in [0.25, 0.3) is 5.69 Å². The molecule has 3 aromatic rings. The highest BCUT2D eigenvalue weighted by Gasteiger charge is 2.25. The number of aryl methyl sites for hydroxylation is 1. The van der Waals surface area contributed by atoms with E-state index in [0.717, 1.165) is 11.1 Å². The fourth-order valence-corrected chi connectivity index (χ4v) is 2.93. The van der Waals surface area contributed by atoms with Crippen LogP contribution in [0, 0.1) is 17.0 Å². The lowest BCUT2D eigenvalue weighted by Crippen LogP contribution is -2.42. The molecule has 2 N–H and O–H groups in total. The number of ether oxygens (including phenoxy) is 1. The number of carbonyl (C=O) groups excluding carboxylic acids is 1. The van der Waals surface area contributed by atoms with Crippen LogP contribution in [0.2, 0.25) is 0 Å². The molecule has 2 aromatic carbocycles. The molecule has 0 aliphatic rings. The number of nitro benzene ring substituents is 1. The van der Waals surface area contributed by atoms with Gasteiger partial charge in [0.2, 0.25) is 5.88 Å². The van der Waals surface area contributed by atoms with Gasteiger partial charge in [-0.2, -0.15) is 0 Å². The van der Waals surface area contributed by atoms with Gasteiger partial charge < -0.3 is 10.1 Å². The third kappa shape index (κ3) is 4.53. The number of carbonyl (C=O) groups is 1. The molecule has 1 heterocycles. The molecular weight excluding hydrogens is 404 g/mol. The lowest BCUT2D eigenvalue weighted by Gasteiger charge is -2.13. The summed E-state index contributed by atoms with van der Waals surface area (Å²) in [7, 11) is 0. The topological polar surface area (TPSA) is 136 Å². The van der Waals surface area contributed by atoms with E-state index in [1.54, 1.807) is 6.92 Å². The maximum Gasteiger partial charge on any atom is 0.318 e. The van der Waals surface area contributed by atoms with Crippen LogP contribution in [-0.4, -0.2) is 27.2 Å². The van der Waals surface area contributed by atoms with Crippen LogP contribution in [0.5, 0.6) is 5.88 Å². The molecule has 1 aromatic heterocycles. The second-order valence-electron chi connectivity index (χ2n) is 6.63. The second kappa shape index (κ2) is 9.08. The predicted molar refractivity (Wildman–Crippen MR) is 113 cm³/mol. The smallest absolute Gasteiger partial charge is 0.318 e. The molecule has 0 saturated heterocycles. The molecule has 0 spiro atoms. The molecule has 0 radical (unpaired) electrons. The Kier molecular flexibility index (Phi) is 6.29. The summed E-state index contributed by atoms with van der Waals surface area (Å²) in [6, 6.07) is 12.8. The second-order valence-corrected chi connectivity index (χ2v) is 6.63. The zero-order valence-corrected chi connectivity index (χ0v) is 16.9. The number of H-pyrrole nitrogens is 1. The first kappa shape index (κ1) is 21.5. The van der Waals surface area contributed by atoms with Crippen LogP contribution >= 0.6 is 0 Å². The molecule has 10 nitrogen and oxygen atoms in total. The summed E-state index contributed by atoms with van der Waals surface area (Å²) < 4.78 is 6.09. The Balaban J connectivity index is 2.04. The molecule has 160 valence electrons. The summed E-state index contributed by atoms with van der Waals surface area (Å²) in [5, 5.41) is 16.5. The Labute approximate surface area is 176 Å². The Morgan fingerprint density at radius 2 is 1.84 bits per heavy atom. The van der Waals surface area contributed by atoms with Crippen LogP contribution in [0.1, 0.15) is 28.4 Å². The third-order valence-electron chi connectivity index (χ3n) is 4.47. The first-order chi connectivity index (χ1) is 14.8. The number of aromatic amines is 1.